The molecule has 2 aromatic carbocycles. The van der Waals surface area contributed by atoms with E-state index in [1.807, 2.05) is 48.5 Å². The fraction of sp³-hybridized carbons (Fsp3) is 0.273. The summed E-state index contributed by atoms with van der Waals surface area (Å²) in [4.78, 5) is 20.7. The number of methoxy groups -OCH3 is 2. The summed E-state index contributed by atoms with van der Waals surface area (Å²) in [5.41, 5.74) is 1.68. The number of benzene rings is 2. The second-order valence-electron chi connectivity index (χ2n) is 6.84. The number of nitrogens with one attached hydrogen (secondary N) is 1. The lowest BCUT2D eigenvalue weighted by molar-refractivity contribution is -0.856. The van der Waals surface area contributed by atoms with Gasteiger partial charge in [0.2, 0.25) is 0 Å². The molecule has 1 heterocycles. The van der Waals surface area contributed by atoms with Crippen LogP contribution in [0.3, 0.4) is 0 Å². The number of nitrogens with zero attached hydrogens (tertiary/aromatic N) is 2. The van der Waals surface area contributed by atoms with Crippen molar-refractivity contribution in [1.29, 1.82) is 0 Å². The van der Waals surface area contributed by atoms with Crippen molar-refractivity contribution in [3.8, 4) is 11.5 Å². The van der Waals surface area contributed by atoms with Gasteiger partial charge in [0.1, 0.15) is 21.7 Å². The summed E-state index contributed by atoms with van der Waals surface area (Å²) in [5.74, 6) is 1.27. The third-order valence-corrected chi connectivity index (χ3v) is 5.54. The molecule has 1 aromatic heterocycles. The van der Waals surface area contributed by atoms with Crippen LogP contribution in [-0.4, -0.2) is 52.3 Å². The summed E-state index contributed by atoms with van der Waals surface area (Å²) >= 11 is 1.43. The summed E-state index contributed by atoms with van der Waals surface area (Å²) in [5, 5.41) is 0.631. The van der Waals surface area contributed by atoms with Crippen molar-refractivity contribution in [3.63, 3.8) is 0 Å². The van der Waals surface area contributed by atoms with E-state index in [0.29, 0.717) is 22.9 Å². The summed E-state index contributed by atoms with van der Waals surface area (Å²) in [6.45, 7) is 1.36. The fourth-order valence-corrected chi connectivity index (χ4v) is 3.95. The Balaban J connectivity index is 1.97. The minimum absolute atomic E-state index is 0.105. The highest BCUT2D eigenvalue weighted by atomic mass is 32.1. The smallest absolute Gasteiger partial charge is 0.252 e. The van der Waals surface area contributed by atoms with E-state index in [1.165, 1.54) is 16.2 Å². The van der Waals surface area contributed by atoms with E-state index < -0.39 is 0 Å². The number of amides is 1. The number of hydrogen-bond acceptors (Lipinski definition) is 5. The van der Waals surface area contributed by atoms with Gasteiger partial charge >= 0.3 is 0 Å². The van der Waals surface area contributed by atoms with E-state index in [0.717, 1.165) is 22.6 Å². The van der Waals surface area contributed by atoms with E-state index in [4.69, 9.17) is 14.5 Å². The Kier molecular flexibility index (Phi) is 6.85. The molecular weight excluding hydrogens is 386 g/mol. The van der Waals surface area contributed by atoms with Crippen LogP contribution in [0.5, 0.6) is 11.5 Å². The quantitative estimate of drug-likeness (QED) is 0.578. The first-order chi connectivity index (χ1) is 14.0. The first kappa shape index (κ1) is 20.8. The van der Waals surface area contributed by atoms with E-state index in [2.05, 4.69) is 14.1 Å². The number of fused-ring (bicyclic) bond motifs is 1. The molecule has 0 aliphatic heterocycles. The SMILES string of the molecule is COc1ccc(OC)c2sc(N(CC[NH+](C)C)C(=O)/C=C/c3ccccc3)nc12. The number of thiazole rings is 1. The fourth-order valence-electron chi connectivity index (χ4n) is 2.85. The van der Waals surface area contributed by atoms with Crippen molar-refractivity contribution >= 4 is 38.7 Å². The molecule has 1 N–H and O–H groups in total. The number of rotatable bonds is 8. The van der Waals surface area contributed by atoms with Crippen molar-refractivity contribution in [3.05, 3.63) is 54.1 Å². The van der Waals surface area contributed by atoms with Crippen LogP contribution in [0.1, 0.15) is 5.56 Å². The van der Waals surface area contributed by atoms with E-state index in [9.17, 15) is 4.79 Å². The largest absolute Gasteiger partial charge is 0.495 e. The number of carbonyl (C=O) groups excluding carboxylic acids is 1. The maximum absolute atomic E-state index is 13.0. The zero-order chi connectivity index (χ0) is 20.8. The first-order valence-corrected chi connectivity index (χ1v) is 10.2. The van der Waals surface area contributed by atoms with Crippen molar-refractivity contribution in [1.82, 2.24) is 4.98 Å². The van der Waals surface area contributed by atoms with Crippen molar-refractivity contribution < 1.29 is 19.2 Å². The van der Waals surface area contributed by atoms with Crippen LogP contribution in [0.4, 0.5) is 5.13 Å². The van der Waals surface area contributed by atoms with Crippen LogP contribution in [0.25, 0.3) is 16.3 Å². The Morgan fingerprint density at radius 1 is 1.10 bits per heavy atom. The van der Waals surface area contributed by atoms with E-state index in [1.54, 1.807) is 25.2 Å². The average Bonchev–Trinajstić information content (AvgIpc) is 3.17. The first-order valence-electron chi connectivity index (χ1n) is 9.38. The molecule has 3 aromatic rings. The third kappa shape index (κ3) is 4.93. The molecule has 0 fully saturated rings. The maximum atomic E-state index is 13.0. The highest BCUT2D eigenvalue weighted by Crippen LogP contribution is 2.40. The minimum Gasteiger partial charge on any atom is -0.495 e. The molecule has 0 saturated heterocycles. The van der Waals surface area contributed by atoms with Crippen LogP contribution in [0, 0.1) is 0 Å². The topological polar surface area (TPSA) is 56.1 Å². The molecule has 0 bridgehead atoms. The third-order valence-electron chi connectivity index (χ3n) is 4.45. The Morgan fingerprint density at radius 3 is 2.45 bits per heavy atom. The second-order valence-corrected chi connectivity index (χ2v) is 7.81. The Morgan fingerprint density at radius 2 is 1.79 bits per heavy atom. The number of likely N-dealkylation sites (N-methyl/N-ethyl adjacent to an activating group) is 1. The van der Waals surface area contributed by atoms with Crippen molar-refractivity contribution in [2.45, 2.75) is 0 Å². The number of aromatic nitrogens is 1. The Labute approximate surface area is 175 Å². The monoisotopic (exact) mass is 412 g/mol. The summed E-state index contributed by atoms with van der Waals surface area (Å²) in [7, 11) is 7.36. The predicted octanol–water partition coefficient (Wildman–Crippen LogP) is 2.50. The Hall–Kier alpha value is -2.90. The van der Waals surface area contributed by atoms with Crippen LogP contribution in [-0.2, 0) is 4.79 Å². The van der Waals surface area contributed by atoms with Gasteiger partial charge in [-0.15, -0.1) is 0 Å². The molecule has 0 radical (unpaired) electrons. The lowest BCUT2D eigenvalue weighted by Crippen LogP contribution is -3.06. The van der Waals surface area contributed by atoms with E-state index in [-0.39, 0.29) is 5.91 Å². The van der Waals surface area contributed by atoms with Gasteiger partial charge in [-0.2, -0.15) is 0 Å². The lowest BCUT2D eigenvalue weighted by atomic mass is 10.2. The van der Waals surface area contributed by atoms with E-state index >= 15 is 0 Å². The number of carbonyl (C=O) groups is 1. The molecule has 0 spiro atoms. The zero-order valence-corrected chi connectivity index (χ0v) is 18.0. The van der Waals surface area contributed by atoms with Crippen LogP contribution >= 0.6 is 11.3 Å². The molecule has 0 aliphatic carbocycles. The lowest BCUT2D eigenvalue weighted by Gasteiger charge is -2.19. The molecule has 3 rings (SSSR count). The highest BCUT2D eigenvalue weighted by Gasteiger charge is 2.22. The van der Waals surface area contributed by atoms with Crippen LogP contribution < -0.4 is 19.3 Å². The number of hydrogen-bond donors (Lipinski definition) is 1. The number of ether oxygens (including phenoxy) is 2. The molecular formula is C22H26N3O3S+. The summed E-state index contributed by atoms with van der Waals surface area (Å²) < 4.78 is 11.8. The molecule has 0 aliphatic rings. The average molecular weight is 413 g/mol. The molecule has 7 heteroatoms. The molecule has 0 atom stereocenters. The normalized spacial score (nSPS) is 11.3. The van der Waals surface area contributed by atoms with Gasteiger partial charge in [0.05, 0.1) is 41.4 Å². The summed E-state index contributed by atoms with van der Waals surface area (Å²) in [6, 6.07) is 13.5. The highest BCUT2D eigenvalue weighted by molar-refractivity contribution is 7.22. The van der Waals surface area contributed by atoms with Gasteiger partial charge in [0, 0.05) is 6.08 Å². The van der Waals surface area contributed by atoms with Gasteiger partial charge in [-0.25, -0.2) is 4.98 Å². The standard InChI is InChI=1S/C22H25N3O3S/c1-24(2)14-15-25(19(26)13-10-16-8-6-5-7-9-16)22-23-20-17(27-3)11-12-18(28-4)21(20)29-22/h5-13H,14-15H2,1-4H3/p+1/b13-10+. The maximum Gasteiger partial charge on any atom is 0.252 e. The van der Waals surface area contributed by atoms with Gasteiger partial charge in [0.25, 0.3) is 5.91 Å². The molecule has 152 valence electrons. The Bertz CT molecular complexity index is 958. The predicted molar refractivity (Wildman–Crippen MR) is 118 cm³/mol. The molecule has 0 saturated carbocycles. The molecule has 0 unspecified atom stereocenters. The van der Waals surface area contributed by atoms with Gasteiger partial charge < -0.3 is 14.4 Å². The van der Waals surface area contributed by atoms with Gasteiger partial charge in [-0.3, -0.25) is 9.69 Å². The molecule has 1 amide bonds. The van der Waals surface area contributed by atoms with Gasteiger partial charge in [0.15, 0.2) is 5.13 Å². The second kappa shape index (κ2) is 9.54. The van der Waals surface area contributed by atoms with Gasteiger partial charge in [-0.1, -0.05) is 41.7 Å². The number of anilines is 1. The van der Waals surface area contributed by atoms with Gasteiger partial charge in [-0.05, 0) is 23.8 Å². The molecule has 6 nitrogen and oxygen atoms in total. The molecule has 29 heavy (non-hydrogen) atoms. The van der Waals surface area contributed by atoms with Crippen LogP contribution in [0.15, 0.2) is 48.5 Å². The van der Waals surface area contributed by atoms with Crippen molar-refractivity contribution in [2.24, 2.45) is 0 Å². The number of quaternary nitrogens is 1. The van der Waals surface area contributed by atoms with Crippen molar-refractivity contribution in [2.75, 3.05) is 46.3 Å². The zero-order valence-electron chi connectivity index (χ0n) is 17.1. The minimum atomic E-state index is -0.105. The summed E-state index contributed by atoms with van der Waals surface area (Å²) in [6.07, 6.45) is 3.42. The van der Waals surface area contributed by atoms with Crippen LogP contribution in [0.2, 0.25) is 0 Å².